The molecular formula is C13H17N3O3S. The smallest absolute Gasteiger partial charge is 0.216 e. The second kappa shape index (κ2) is 6.17. The van der Waals surface area contributed by atoms with E-state index in [1.54, 1.807) is 41.2 Å². The van der Waals surface area contributed by atoms with Crippen LogP contribution >= 0.6 is 0 Å². The molecule has 2 rings (SSSR count). The number of aryl methyl sites for hydroxylation is 1. The number of rotatable bonds is 6. The van der Waals surface area contributed by atoms with Gasteiger partial charge in [0.05, 0.1) is 18.9 Å². The molecule has 0 aliphatic carbocycles. The van der Waals surface area contributed by atoms with Gasteiger partial charge < -0.3 is 9.67 Å². The van der Waals surface area contributed by atoms with Crippen LogP contribution in [0.5, 0.6) is 0 Å². The predicted octanol–water partition coefficient (Wildman–Crippen LogP) is 0.532. The van der Waals surface area contributed by atoms with Crippen LogP contribution in [0.25, 0.3) is 0 Å². The van der Waals surface area contributed by atoms with Crippen molar-refractivity contribution in [3.05, 3.63) is 53.6 Å². The van der Waals surface area contributed by atoms with E-state index in [2.05, 4.69) is 9.71 Å². The summed E-state index contributed by atoms with van der Waals surface area (Å²) in [4.78, 5) is 4.06. The van der Waals surface area contributed by atoms with Crippen molar-refractivity contribution in [1.82, 2.24) is 14.3 Å². The Labute approximate surface area is 118 Å². The summed E-state index contributed by atoms with van der Waals surface area (Å²) in [7, 11) is -1.60. The van der Waals surface area contributed by atoms with Crippen LogP contribution < -0.4 is 4.72 Å². The van der Waals surface area contributed by atoms with Gasteiger partial charge in [0.25, 0.3) is 0 Å². The Kier molecular flexibility index (Phi) is 4.53. The van der Waals surface area contributed by atoms with Gasteiger partial charge in [-0.3, -0.25) is 0 Å². The molecule has 0 spiro atoms. The first-order valence-corrected chi connectivity index (χ1v) is 7.77. The van der Waals surface area contributed by atoms with Gasteiger partial charge in [0, 0.05) is 19.4 Å². The number of sulfonamides is 1. The SMILES string of the molecule is Cn1ccnc1CNS(=O)(=O)Cc1ccc(CO)cc1. The fourth-order valence-corrected chi connectivity index (χ4v) is 2.84. The number of aliphatic hydroxyl groups excluding tert-OH is 1. The average Bonchev–Trinajstić information content (AvgIpc) is 2.83. The lowest BCUT2D eigenvalue weighted by molar-refractivity contribution is 0.282. The van der Waals surface area contributed by atoms with E-state index in [1.165, 1.54) is 0 Å². The van der Waals surface area contributed by atoms with Crippen molar-refractivity contribution in [3.63, 3.8) is 0 Å². The van der Waals surface area contributed by atoms with Crippen LogP contribution in [0.15, 0.2) is 36.7 Å². The standard InChI is InChI=1S/C13H17N3O3S/c1-16-7-6-14-13(16)8-15-20(18,19)10-12-4-2-11(9-17)3-5-12/h2-7,15,17H,8-10H2,1H3. The summed E-state index contributed by atoms with van der Waals surface area (Å²) >= 11 is 0. The van der Waals surface area contributed by atoms with Gasteiger partial charge in [-0.15, -0.1) is 0 Å². The number of hydrogen-bond donors (Lipinski definition) is 2. The van der Waals surface area contributed by atoms with E-state index >= 15 is 0 Å². The topological polar surface area (TPSA) is 84.2 Å². The molecule has 0 aliphatic rings. The number of imidazole rings is 1. The third kappa shape index (κ3) is 3.89. The van der Waals surface area contributed by atoms with E-state index in [9.17, 15) is 8.42 Å². The summed E-state index contributed by atoms with van der Waals surface area (Å²) in [6.45, 7) is 0.116. The van der Waals surface area contributed by atoms with Crippen LogP contribution in [0.1, 0.15) is 17.0 Å². The highest BCUT2D eigenvalue weighted by molar-refractivity contribution is 7.88. The minimum atomic E-state index is -3.41. The quantitative estimate of drug-likeness (QED) is 0.814. The molecule has 0 saturated heterocycles. The molecular weight excluding hydrogens is 278 g/mol. The third-order valence-corrected chi connectivity index (χ3v) is 4.23. The number of benzene rings is 1. The number of aliphatic hydroxyl groups is 1. The maximum absolute atomic E-state index is 12.0. The van der Waals surface area contributed by atoms with Crippen molar-refractivity contribution in [1.29, 1.82) is 0 Å². The summed E-state index contributed by atoms with van der Waals surface area (Å²) in [5.74, 6) is 0.563. The highest BCUT2D eigenvalue weighted by Crippen LogP contribution is 2.08. The largest absolute Gasteiger partial charge is 0.392 e. The Morgan fingerprint density at radius 2 is 1.90 bits per heavy atom. The van der Waals surface area contributed by atoms with E-state index in [1.807, 2.05) is 7.05 Å². The number of nitrogens with zero attached hydrogens (tertiary/aromatic N) is 2. The highest BCUT2D eigenvalue weighted by atomic mass is 32.2. The van der Waals surface area contributed by atoms with E-state index < -0.39 is 10.0 Å². The Bertz CT molecular complexity index is 662. The summed E-state index contributed by atoms with van der Waals surface area (Å²) in [6, 6.07) is 6.82. The lowest BCUT2D eigenvalue weighted by Crippen LogP contribution is -2.26. The summed E-state index contributed by atoms with van der Waals surface area (Å²) < 4.78 is 28.2. The fourth-order valence-electron chi connectivity index (χ4n) is 1.75. The lowest BCUT2D eigenvalue weighted by atomic mass is 10.2. The molecule has 0 radical (unpaired) electrons. The van der Waals surface area contributed by atoms with Crippen LogP contribution in [0.4, 0.5) is 0 Å². The zero-order valence-corrected chi connectivity index (χ0v) is 12.0. The Hall–Kier alpha value is -1.70. The molecule has 0 bridgehead atoms. The minimum absolute atomic E-state index is 0.0512. The van der Waals surface area contributed by atoms with Crippen molar-refractivity contribution in [2.75, 3.05) is 0 Å². The molecule has 7 heteroatoms. The average molecular weight is 295 g/mol. The summed E-state index contributed by atoms with van der Waals surface area (Å²) in [5, 5.41) is 8.94. The van der Waals surface area contributed by atoms with Gasteiger partial charge in [-0.25, -0.2) is 18.1 Å². The fraction of sp³-hybridized carbons (Fsp3) is 0.308. The van der Waals surface area contributed by atoms with Crippen LogP contribution in [0.2, 0.25) is 0 Å². The van der Waals surface area contributed by atoms with E-state index in [4.69, 9.17) is 5.11 Å². The van der Waals surface area contributed by atoms with Crippen molar-refractivity contribution in [2.24, 2.45) is 7.05 Å². The van der Waals surface area contributed by atoms with Crippen molar-refractivity contribution in [3.8, 4) is 0 Å². The molecule has 1 aromatic heterocycles. The van der Waals surface area contributed by atoms with Gasteiger partial charge in [0.15, 0.2) is 0 Å². The van der Waals surface area contributed by atoms with Crippen molar-refractivity contribution < 1.29 is 13.5 Å². The maximum Gasteiger partial charge on any atom is 0.216 e. The monoisotopic (exact) mass is 295 g/mol. The minimum Gasteiger partial charge on any atom is -0.392 e. The summed E-state index contributed by atoms with van der Waals surface area (Å²) in [6.07, 6.45) is 3.38. The second-order valence-corrected chi connectivity index (χ2v) is 6.32. The number of hydrogen-bond acceptors (Lipinski definition) is 4. The maximum atomic E-state index is 12.0. The molecule has 2 N–H and O–H groups in total. The number of aromatic nitrogens is 2. The molecule has 0 aliphatic heterocycles. The Morgan fingerprint density at radius 3 is 2.45 bits per heavy atom. The molecule has 0 fully saturated rings. The Balaban J connectivity index is 1.98. The van der Waals surface area contributed by atoms with Crippen LogP contribution in [0.3, 0.4) is 0 Å². The predicted molar refractivity (Wildman–Crippen MR) is 75.0 cm³/mol. The first-order chi connectivity index (χ1) is 9.50. The van der Waals surface area contributed by atoms with Crippen molar-refractivity contribution in [2.45, 2.75) is 18.9 Å². The van der Waals surface area contributed by atoms with Gasteiger partial charge in [-0.1, -0.05) is 24.3 Å². The van der Waals surface area contributed by atoms with Crippen molar-refractivity contribution >= 4 is 10.0 Å². The third-order valence-electron chi connectivity index (χ3n) is 2.93. The first kappa shape index (κ1) is 14.7. The molecule has 108 valence electrons. The van der Waals surface area contributed by atoms with Gasteiger partial charge in [-0.2, -0.15) is 0 Å². The molecule has 0 saturated carbocycles. The molecule has 0 unspecified atom stereocenters. The van der Waals surface area contributed by atoms with Gasteiger partial charge in [0.1, 0.15) is 5.82 Å². The van der Waals surface area contributed by atoms with E-state index in [0.717, 1.165) is 5.56 Å². The second-order valence-electron chi connectivity index (χ2n) is 4.51. The molecule has 0 atom stereocenters. The van der Waals surface area contributed by atoms with Crippen LogP contribution in [-0.2, 0) is 36.0 Å². The van der Waals surface area contributed by atoms with E-state index in [-0.39, 0.29) is 18.9 Å². The van der Waals surface area contributed by atoms with Crippen LogP contribution in [0, 0.1) is 0 Å². The normalized spacial score (nSPS) is 11.7. The lowest BCUT2D eigenvalue weighted by Gasteiger charge is -2.07. The molecule has 1 aromatic carbocycles. The van der Waals surface area contributed by atoms with Gasteiger partial charge in [0.2, 0.25) is 10.0 Å². The molecule has 0 amide bonds. The zero-order chi connectivity index (χ0) is 14.6. The molecule has 1 heterocycles. The van der Waals surface area contributed by atoms with E-state index in [0.29, 0.717) is 11.4 Å². The number of nitrogens with one attached hydrogen (secondary N) is 1. The first-order valence-electron chi connectivity index (χ1n) is 6.12. The Morgan fingerprint density at radius 1 is 1.25 bits per heavy atom. The van der Waals surface area contributed by atoms with Gasteiger partial charge in [-0.05, 0) is 11.1 Å². The molecule has 20 heavy (non-hydrogen) atoms. The highest BCUT2D eigenvalue weighted by Gasteiger charge is 2.12. The van der Waals surface area contributed by atoms with Gasteiger partial charge >= 0.3 is 0 Å². The zero-order valence-electron chi connectivity index (χ0n) is 11.2. The summed E-state index contributed by atoms with van der Waals surface area (Å²) in [5.41, 5.74) is 1.43. The molecule has 2 aromatic rings. The van der Waals surface area contributed by atoms with Crippen LogP contribution in [-0.4, -0.2) is 23.1 Å². The molecule has 6 nitrogen and oxygen atoms in total.